The summed E-state index contributed by atoms with van der Waals surface area (Å²) < 4.78 is 13.8. The number of ether oxygens (including phenoxy) is 2. The lowest BCUT2D eigenvalue weighted by atomic mass is 10.3. The van der Waals surface area contributed by atoms with Crippen molar-refractivity contribution in [3.8, 4) is 11.5 Å². The molecule has 0 atom stereocenters. The first-order valence-electron chi connectivity index (χ1n) is 5.22. The number of hydrogen-bond donors (Lipinski definition) is 0. The van der Waals surface area contributed by atoms with Gasteiger partial charge in [0.2, 0.25) is 4.96 Å². The standard InChI is InChI=1S/C11H11N3O2S2/c1-15-6-4-5-7(16-2)9-8(6)14-10(17-3)12-13-11(14)18-9/h4-5H,1-3H3. The van der Waals surface area contributed by atoms with Crippen molar-refractivity contribution in [1.29, 1.82) is 0 Å². The molecule has 18 heavy (non-hydrogen) atoms. The number of thioether (sulfide) groups is 1. The number of rotatable bonds is 3. The van der Waals surface area contributed by atoms with Crippen LogP contribution in [0.5, 0.6) is 11.5 Å². The van der Waals surface area contributed by atoms with E-state index in [4.69, 9.17) is 9.47 Å². The summed E-state index contributed by atoms with van der Waals surface area (Å²) in [6, 6.07) is 3.81. The van der Waals surface area contributed by atoms with Crippen LogP contribution in [0, 0.1) is 0 Å². The van der Waals surface area contributed by atoms with Crippen LogP contribution in [0.2, 0.25) is 0 Å². The highest BCUT2D eigenvalue weighted by Crippen LogP contribution is 2.40. The van der Waals surface area contributed by atoms with Gasteiger partial charge in [-0.3, -0.25) is 4.40 Å². The van der Waals surface area contributed by atoms with Crippen molar-refractivity contribution in [3.05, 3.63) is 12.1 Å². The first-order valence-corrected chi connectivity index (χ1v) is 7.27. The minimum atomic E-state index is 0.798. The van der Waals surface area contributed by atoms with Gasteiger partial charge < -0.3 is 9.47 Å². The molecule has 3 rings (SSSR count). The van der Waals surface area contributed by atoms with E-state index in [1.54, 1.807) is 37.3 Å². The van der Waals surface area contributed by atoms with E-state index in [9.17, 15) is 0 Å². The smallest absolute Gasteiger partial charge is 0.218 e. The quantitative estimate of drug-likeness (QED) is 0.691. The van der Waals surface area contributed by atoms with E-state index in [1.165, 1.54) is 0 Å². The fourth-order valence-corrected chi connectivity index (χ4v) is 3.52. The zero-order valence-corrected chi connectivity index (χ0v) is 11.8. The largest absolute Gasteiger partial charge is 0.495 e. The topological polar surface area (TPSA) is 48.7 Å². The van der Waals surface area contributed by atoms with E-state index in [2.05, 4.69) is 10.2 Å². The molecule has 0 fully saturated rings. The molecule has 2 aromatic heterocycles. The molecular weight excluding hydrogens is 270 g/mol. The number of nitrogens with zero attached hydrogens (tertiary/aromatic N) is 3. The van der Waals surface area contributed by atoms with Gasteiger partial charge in [-0.05, 0) is 18.4 Å². The van der Waals surface area contributed by atoms with E-state index < -0.39 is 0 Å². The molecule has 7 heteroatoms. The molecule has 0 N–H and O–H groups in total. The SMILES string of the molecule is COc1ccc(OC)c2c1sc1nnc(SC)n12. The van der Waals surface area contributed by atoms with Gasteiger partial charge in [0.25, 0.3) is 0 Å². The van der Waals surface area contributed by atoms with Crippen molar-refractivity contribution in [3.63, 3.8) is 0 Å². The lowest BCUT2D eigenvalue weighted by Gasteiger charge is -2.06. The Balaban J connectivity index is 2.50. The minimum Gasteiger partial charge on any atom is -0.495 e. The lowest BCUT2D eigenvalue weighted by molar-refractivity contribution is 0.410. The van der Waals surface area contributed by atoms with Gasteiger partial charge in [0, 0.05) is 0 Å². The summed E-state index contributed by atoms with van der Waals surface area (Å²) in [5.41, 5.74) is 0.964. The highest BCUT2D eigenvalue weighted by molar-refractivity contribution is 7.98. The van der Waals surface area contributed by atoms with Crippen LogP contribution in [-0.2, 0) is 0 Å². The van der Waals surface area contributed by atoms with Crippen molar-refractivity contribution in [2.45, 2.75) is 5.16 Å². The number of benzene rings is 1. The summed E-state index contributed by atoms with van der Waals surface area (Å²) in [6.45, 7) is 0. The predicted octanol–water partition coefficient (Wildman–Crippen LogP) is 2.68. The highest BCUT2D eigenvalue weighted by Gasteiger charge is 2.18. The van der Waals surface area contributed by atoms with Crippen LogP contribution < -0.4 is 9.47 Å². The maximum atomic E-state index is 5.43. The average molecular weight is 281 g/mol. The number of hydrogen-bond acceptors (Lipinski definition) is 6. The summed E-state index contributed by atoms with van der Waals surface area (Å²) >= 11 is 3.11. The third-order valence-corrected chi connectivity index (χ3v) is 4.38. The zero-order valence-electron chi connectivity index (χ0n) is 10.1. The molecule has 0 saturated heterocycles. The molecule has 0 aliphatic heterocycles. The molecule has 0 unspecified atom stereocenters. The van der Waals surface area contributed by atoms with Crippen LogP contribution in [-0.4, -0.2) is 35.1 Å². The maximum absolute atomic E-state index is 5.43. The van der Waals surface area contributed by atoms with E-state index in [0.717, 1.165) is 31.8 Å². The van der Waals surface area contributed by atoms with Gasteiger partial charge in [0.15, 0.2) is 5.16 Å². The van der Waals surface area contributed by atoms with Gasteiger partial charge in [-0.1, -0.05) is 23.1 Å². The normalized spacial score (nSPS) is 11.3. The van der Waals surface area contributed by atoms with Crippen LogP contribution >= 0.6 is 23.1 Å². The summed E-state index contributed by atoms with van der Waals surface area (Å²) in [6.07, 6.45) is 1.98. The third kappa shape index (κ3) is 1.47. The highest BCUT2D eigenvalue weighted by atomic mass is 32.2. The Labute approximate surface area is 112 Å². The second kappa shape index (κ2) is 4.33. The Kier molecular flexibility index (Phi) is 2.79. The molecule has 3 aromatic rings. The van der Waals surface area contributed by atoms with E-state index in [0.29, 0.717) is 0 Å². The van der Waals surface area contributed by atoms with Gasteiger partial charge >= 0.3 is 0 Å². The summed E-state index contributed by atoms with van der Waals surface area (Å²) in [5.74, 6) is 1.63. The fraction of sp³-hybridized carbons (Fsp3) is 0.273. The summed E-state index contributed by atoms with van der Waals surface area (Å²) in [4.78, 5) is 0.845. The lowest BCUT2D eigenvalue weighted by Crippen LogP contribution is -1.91. The molecule has 0 aliphatic carbocycles. The molecule has 5 nitrogen and oxygen atoms in total. The molecule has 0 aliphatic rings. The number of aromatic nitrogens is 3. The molecule has 1 aromatic carbocycles. The maximum Gasteiger partial charge on any atom is 0.218 e. The van der Waals surface area contributed by atoms with Crippen molar-refractivity contribution in [1.82, 2.24) is 14.6 Å². The van der Waals surface area contributed by atoms with Crippen LogP contribution in [0.25, 0.3) is 15.2 Å². The molecule has 94 valence electrons. The Morgan fingerprint density at radius 2 is 1.89 bits per heavy atom. The number of thiazole rings is 1. The zero-order chi connectivity index (χ0) is 12.7. The van der Waals surface area contributed by atoms with Gasteiger partial charge in [-0.15, -0.1) is 10.2 Å². The first-order chi connectivity index (χ1) is 8.80. The van der Waals surface area contributed by atoms with Gasteiger partial charge in [-0.2, -0.15) is 0 Å². The van der Waals surface area contributed by atoms with Crippen LogP contribution in [0.1, 0.15) is 0 Å². The molecule has 0 saturated carbocycles. The van der Waals surface area contributed by atoms with Crippen molar-refractivity contribution < 1.29 is 9.47 Å². The molecule has 0 spiro atoms. The second-order valence-corrected chi connectivity index (χ2v) is 5.31. The summed E-state index contributed by atoms with van der Waals surface area (Å²) in [7, 11) is 3.32. The van der Waals surface area contributed by atoms with Gasteiger partial charge in [0.1, 0.15) is 21.7 Å². The minimum absolute atomic E-state index is 0.798. The monoisotopic (exact) mass is 281 g/mol. The molecule has 2 heterocycles. The van der Waals surface area contributed by atoms with Crippen molar-refractivity contribution in [2.24, 2.45) is 0 Å². The number of methoxy groups -OCH3 is 2. The first kappa shape index (κ1) is 11.6. The fourth-order valence-electron chi connectivity index (χ4n) is 1.91. The van der Waals surface area contributed by atoms with Gasteiger partial charge in [0.05, 0.1) is 14.2 Å². The van der Waals surface area contributed by atoms with Gasteiger partial charge in [-0.25, -0.2) is 0 Å². The molecule has 0 amide bonds. The summed E-state index contributed by atoms with van der Waals surface area (Å²) in [5, 5.41) is 9.17. The molecular formula is C11H11N3O2S2. The number of fused-ring (bicyclic) bond motifs is 3. The Hall–Kier alpha value is -1.47. The van der Waals surface area contributed by atoms with Crippen LogP contribution in [0.3, 0.4) is 0 Å². The van der Waals surface area contributed by atoms with E-state index >= 15 is 0 Å². The van der Waals surface area contributed by atoms with E-state index in [-0.39, 0.29) is 0 Å². The van der Waals surface area contributed by atoms with Crippen molar-refractivity contribution >= 4 is 38.3 Å². The average Bonchev–Trinajstić information content (AvgIpc) is 2.96. The molecule has 0 bridgehead atoms. The predicted molar refractivity (Wildman–Crippen MR) is 73.3 cm³/mol. The molecule has 0 radical (unpaired) electrons. The van der Waals surface area contributed by atoms with E-state index in [1.807, 2.05) is 22.8 Å². The van der Waals surface area contributed by atoms with Crippen LogP contribution in [0.15, 0.2) is 17.3 Å². The van der Waals surface area contributed by atoms with Crippen molar-refractivity contribution in [2.75, 3.05) is 20.5 Å². The van der Waals surface area contributed by atoms with Crippen LogP contribution in [0.4, 0.5) is 0 Å². The Bertz CT molecular complexity index is 718. The third-order valence-electron chi connectivity index (χ3n) is 2.70. The Morgan fingerprint density at radius 1 is 1.17 bits per heavy atom. The Morgan fingerprint density at radius 3 is 2.56 bits per heavy atom. The second-order valence-electron chi connectivity index (χ2n) is 3.55.